The zero-order chi connectivity index (χ0) is 22.5. The third kappa shape index (κ3) is 4.84. The standard InChI is InChI=1S/C27H28F3N/c1-5-8-18-10-11-20(28)15-22(18)24-14-19(9-6-2)23(17-27(24)30)25-16-21(31(4)7-3)12-13-26(25)29/h5,8,10-17H,6-7,9H2,1-4H3/b8-5+. The summed E-state index contributed by atoms with van der Waals surface area (Å²) in [5.74, 6) is -1.32. The average Bonchev–Trinajstić information content (AvgIpc) is 2.76. The molecule has 0 radical (unpaired) electrons. The molecular weight excluding hydrogens is 395 g/mol. The van der Waals surface area contributed by atoms with Crippen LogP contribution in [0.15, 0.2) is 54.6 Å². The molecular formula is C27H28F3N. The van der Waals surface area contributed by atoms with Gasteiger partial charge in [0, 0.05) is 30.4 Å². The Bertz CT molecular complexity index is 1100. The van der Waals surface area contributed by atoms with Crippen molar-refractivity contribution in [2.75, 3.05) is 18.5 Å². The normalized spacial score (nSPS) is 11.3. The SMILES string of the molecule is C/C=C/c1ccc(F)cc1-c1cc(CCC)c(-c2cc(N(C)CC)ccc2F)cc1F. The van der Waals surface area contributed by atoms with E-state index < -0.39 is 17.5 Å². The molecule has 0 N–H and O–H groups in total. The van der Waals surface area contributed by atoms with E-state index in [1.54, 1.807) is 24.3 Å². The number of hydrogen-bond acceptors (Lipinski definition) is 1. The second-order valence-corrected chi connectivity index (χ2v) is 7.65. The minimum atomic E-state index is -0.500. The molecule has 162 valence electrons. The summed E-state index contributed by atoms with van der Waals surface area (Å²) in [7, 11) is 1.93. The first-order valence-corrected chi connectivity index (χ1v) is 10.7. The van der Waals surface area contributed by atoms with E-state index in [0.717, 1.165) is 29.8 Å². The van der Waals surface area contributed by atoms with Crippen LogP contribution in [0.5, 0.6) is 0 Å². The Morgan fingerprint density at radius 2 is 1.55 bits per heavy atom. The van der Waals surface area contributed by atoms with E-state index in [-0.39, 0.29) is 0 Å². The van der Waals surface area contributed by atoms with Crippen LogP contribution in [0.4, 0.5) is 18.9 Å². The summed E-state index contributed by atoms with van der Waals surface area (Å²) in [4.78, 5) is 2.00. The maximum atomic E-state index is 15.4. The van der Waals surface area contributed by atoms with Crippen molar-refractivity contribution in [3.05, 3.63) is 83.2 Å². The fraction of sp³-hybridized carbons (Fsp3) is 0.259. The van der Waals surface area contributed by atoms with Crippen molar-refractivity contribution < 1.29 is 13.2 Å². The van der Waals surface area contributed by atoms with Crippen LogP contribution >= 0.6 is 0 Å². The predicted octanol–water partition coefficient (Wildman–Crippen LogP) is 7.88. The van der Waals surface area contributed by atoms with Crippen LogP contribution in [-0.4, -0.2) is 13.6 Å². The fourth-order valence-corrected chi connectivity index (χ4v) is 3.78. The van der Waals surface area contributed by atoms with Gasteiger partial charge in [-0.1, -0.05) is 31.6 Å². The van der Waals surface area contributed by atoms with Gasteiger partial charge in [0.15, 0.2) is 0 Å². The summed E-state index contributed by atoms with van der Waals surface area (Å²) in [5.41, 5.74) is 4.16. The number of aryl methyl sites for hydroxylation is 1. The number of halogens is 3. The molecule has 0 aliphatic carbocycles. The molecule has 0 heterocycles. The molecule has 0 aliphatic rings. The first kappa shape index (κ1) is 22.7. The number of allylic oxidation sites excluding steroid dienone is 1. The molecule has 0 saturated heterocycles. The summed E-state index contributed by atoms with van der Waals surface area (Å²) in [6, 6.07) is 12.4. The van der Waals surface area contributed by atoms with Gasteiger partial charge in [0.25, 0.3) is 0 Å². The predicted molar refractivity (Wildman–Crippen MR) is 125 cm³/mol. The Balaban J connectivity index is 2.23. The second-order valence-electron chi connectivity index (χ2n) is 7.65. The third-order valence-electron chi connectivity index (χ3n) is 5.52. The summed E-state index contributed by atoms with van der Waals surface area (Å²) in [5, 5.41) is 0. The first-order valence-electron chi connectivity index (χ1n) is 10.7. The molecule has 3 aromatic rings. The van der Waals surface area contributed by atoms with Crippen molar-refractivity contribution in [1.29, 1.82) is 0 Å². The quantitative estimate of drug-likeness (QED) is 0.374. The van der Waals surface area contributed by atoms with Gasteiger partial charge in [-0.05, 0) is 85.0 Å². The Kier molecular flexibility index (Phi) is 7.21. The third-order valence-corrected chi connectivity index (χ3v) is 5.52. The van der Waals surface area contributed by atoms with Gasteiger partial charge in [-0.15, -0.1) is 0 Å². The molecule has 1 nitrogen and oxygen atoms in total. The molecule has 0 aromatic heterocycles. The Morgan fingerprint density at radius 3 is 2.23 bits per heavy atom. The maximum Gasteiger partial charge on any atom is 0.131 e. The molecule has 0 fully saturated rings. The van der Waals surface area contributed by atoms with Gasteiger partial charge in [0.2, 0.25) is 0 Å². The summed E-state index contributed by atoms with van der Waals surface area (Å²) in [6.45, 7) is 6.67. The minimum Gasteiger partial charge on any atom is -0.375 e. The van der Waals surface area contributed by atoms with E-state index >= 15 is 4.39 Å². The van der Waals surface area contributed by atoms with Crippen LogP contribution in [0, 0.1) is 17.5 Å². The first-order chi connectivity index (χ1) is 14.9. The van der Waals surface area contributed by atoms with Crippen molar-refractivity contribution in [2.45, 2.75) is 33.6 Å². The van der Waals surface area contributed by atoms with Gasteiger partial charge in [-0.3, -0.25) is 0 Å². The highest BCUT2D eigenvalue weighted by molar-refractivity contribution is 5.80. The topological polar surface area (TPSA) is 3.24 Å². The lowest BCUT2D eigenvalue weighted by Crippen LogP contribution is -2.15. The van der Waals surface area contributed by atoms with Crippen LogP contribution in [0.2, 0.25) is 0 Å². The van der Waals surface area contributed by atoms with Gasteiger partial charge in [0.1, 0.15) is 17.5 Å². The molecule has 3 aromatic carbocycles. The molecule has 0 aliphatic heterocycles. The maximum absolute atomic E-state index is 15.4. The van der Waals surface area contributed by atoms with Crippen molar-refractivity contribution in [3.8, 4) is 22.3 Å². The molecule has 0 amide bonds. The Morgan fingerprint density at radius 1 is 0.806 bits per heavy atom. The molecule has 31 heavy (non-hydrogen) atoms. The smallest absolute Gasteiger partial charge is 0.131 e. The van der Waals surface area contributed by atoms with Crippen molar-refractivity contribution in [2.24, 2.45) is 0 Å². The van der Waals surface area contributed by atoms with Gasteiger partial charge in [-0.2, -0.15) is 0 Å². The molecule has 0 spiro atoms. The highest BCUT2D eigenvalue weighted by Crippen LogP contribution is 2.36. The molecule has 4 heteroatoms. The summed E-state index contributed by atoms with van der Waals surface area (Å²) >= 11 is 0. The number of rotatable bonds is 7. The van der Waals surface area contributed by atoms with Crippen LogP contribution in [0.25, 0.3) is 28.3 Å². The number of anilines is 1. The van der Waals surface area contributed by atoms with E-state index in [9.17, 15) is 8.78 Å². The number of hydrogen-bond donors (Lipinski definition) is 0. The fourth-order valence-electron chi connectivity index (χ4n) is 3.78. The van der Waals surface area contributed by atoms with Crippen molar-refractivity contribution in [1.82, 2.24) is 0 Å². The van der Waals surface area contributed by atoms with Crippen LogP contribution in [0.1, 0.15) is 38.3 Å². The summed E-state index contributed by atoms with van der Waals surface area (Å²) < 4.78 is 44.2. The number of benzene rings is 3. The van der Waals surface area contributed by atoms with E-state index in [1.165, 1.54) is 24.3 Å². The van der Waals surface area contributed by atoms with E-state index in [1.807, 2.05) is 44.9 Å². The van der Waals surface area contributed by atoms with Crippen LogP contribution < -0.4 is 4.90 Å². The number of nitrogens with zero attached hydrogens (tertiary/aromatic N) is 1. The van der Waals surface area contributed by atoms with E-state index in [4.69, 9.17) is 0 Å². The lowest BCUT2D eigenvalue weighted by Gasteiger charge is -2.20. The Labute approximate surface area is 182 Å². The zero-order valence-corrected chi connectivity index (χ0v) is 18.5. The lowest BCUT2D eigenvalue weighted by molar-refractivity contribution is 0.623. The zero-order valence-electron chi connectivity index (χ0n) is 18.5. The van der Waals surface area contributed by atoms with Gasteiger partial charge >= 0.3 is 0 Å². The van der Waals surface area contributed by atoms with Gasteiger partial charge < -0.3 is 4.90 Å². The lowest BCUT2D eigenvalue weighted by atomic mass is 9.90. The van der Waals surface area contributed by atoms with Gasteiger partial charge in [0.05, 0.1) is 0 Å². The minimum absolute atomic E-state index is 0.321. The molecule has 3 rings (SSSR count). The highest BCUT2D eigenvalue weighted by Gasteiger charge is 2.18. The molecule has 0 atom stereocenters. The van der Waals surface area contributed by atoms with Crippen molar-refractivity contribution in [3.63, 3.8) is 0 Å². The van der Waals surface area contributed by atoms with Gasteiger partial charge in [-0.25, -0.2) is 13.2 Å². The monoisotopic (exact) mass is 423 g/mol. The molecule has 0 unspecified atom stereocenters. The second kappa shape index (κ2) is 9.86. The van der Waals surface area contributed by atoms with Crippen LogP contribution in [0.3, 0.4) is 0 Å². The average molecular weight is 424 g/mol. The van der Waals surface area contributed by atoms with E-state index in [2.05, 4.69) is 0 Å². The van der Waals surface area contributed by atoms with Crippen LogP contribution in [-0.2, 0) is 6.42 Å². The van der Waals surface area contributed by atoms with E-state index in [0.29, 0.717) is 28.7 Å². The highest BCUT2D eigenvalue weighted by atomic mass is 19.1. The molecule has 0 saturated carbocycles. The summed E-state index contributed by atoms with van der Waals surface area (Å²) in [6.07, 6.45) is 5.13. The Hall–Kier alpha value is -3.01. The largest absolute Gasteiger partial charge is 0.375 e. The van der Waals surface area contributed by atoms with Crippen molar-refractivity contribution >= 4 is 11.8 Å². The molecule has 0 bridgehead atoms.